The van der Waals surface area contributed by atoms with E-state index in [-0.39, 0.29) is 0 Å². The van der Waals surface area contributed by atoms with Crippen molar-refractivity contribution in [3.05, 3.63) is 36.5 Å². The van der Waals surface area contributed by atoms with E-state index in [1.807, 2.05) is 0 Å². The highest BCUT2D eigenvalue weighted by atomic mass is 16.4. The quantitative estimate of drug-likeness (QED) is 0.157. The van der Waals surface area contributed by atoms with Gasteiger partial charge < -0.3 is 5.11 Å². The SMILES string of the molecule is CCCCCCCC=CCC=CCC=CCCCCCCCCCCC(=O)O. The van der Waals surface area contributed by atoms with Crippen LogP contribution in [0.1, 0.15) is 122 Å². The summed E-state index contributed by atoms with van der Waals surface area (Å²) in [5.74, 6) is -0.663. The highest BCUT2D eigenvalue weighted by Gasteiger charge is 1.96. The van der Waals surface area contributed by atoms with E-state index in [1.165, 1.54) is 83.5 Å². The summed E-state index contributed by atoms with van der Waals surface area (Å²) in [6.07, 6.45) is 35.1. The molecule has 0 fully saturated rings. The van der Waals surface area contributed by atoms with Crippen molar-refractivity contribution in [1.29, 1.82) is 0 Å². The van der Waals surface area contributed by atoms with Crippen LogP contribution in [0.4, 0.5) is 0 Å². The lowest BCUT2D eigenvalue weighted by Crippen LogP contribution is -1.93. The zero-order valence-electron chi connectivity index (χ0n) is 18.5. The van der Waals surface area contributed by atoms with Crippen molar-refractivity contribution >= 4 is 5.97 Å². The highest BCUT2D eigenvalue weighted by Crippen LogP contribution is 2.11. The number of carbonyl (C=O) groups is 1. The molecule has 0 amide bonds. The first-order valence-electron chi connectivity index (χ1n) is 11.9. The van der Waals surface area contributed by atoms with Crippen LogP contribution < -0.4 is 0 Å². The minimum atomic E-state index is -0.663. The maximum Gasteiger partial charge on any atom is 0.303 e. The Hall–Kier alpha value is -1.31. The summed E-state index contributed by atoms with van der Waals surface area (Å²) in [5, 5.41) is 8.57. The van der Waals surface area contributed by atoms with E-state index in [2.05, 4.69) is 43.4 Å². The minimum absolute atomic E-state index is 0.331. The Labute approximate surface area is 175 Å². The summed E-state index contributed by atoms with van der Waals surface area (Å²) in [7, 11) is 0. The molecule has 0 aliphatic carbocycles. The molecule has 0 unspecified atom stereocenters. The Bertz CT molecular complexity index is 407. The number of allylic oxidation sites excluding steroid dienone is 6. The molecule has 0 radical (unpaired) electrons. The molecule has 0 bridgehead atoms. The molecule has 0 heterocycles. The van der Waals surface area contributed by atoms with Crippen molar-refractivity contribution in [2.75, 3.05) is 0 Å². The molecule has 0 aromatic rings. The number of aliphatic carboxylic acids is 1. The Morgan fingerprint density at radius 3 is 1.43 bits per heavy atom. The van der Waals surface area contributed by atoms with Gasteiger partial charge in [0.2, 0.25) is 0 Å². The average Bonchev–Trinajstić information content (AvgIpc) is 2.68. The summed E-state index contributed by atoms with van der Waals surface area (Å²) in [6, 6.07) is 0. The van der Waals surface area contributed by atoms with Crippen molar-refractivity contribution in [2.24, 2.45) is 0 Å². The van der Waals surface area contributed by atoms with E-state index in [9.17, 15) is 4.79 Å². The Kier molecular flexibility index (Phi) is 22.6. The molecular weight excluding hydrogens is 344 g/mol. The third-order valence-electron chi connectivity index (χ3n) is 5.03. The van der Waals surface area contributed by atoms with Crippen molar-refractivity contribution in [3.63, 3.8) is 0 Å². The molecule has 0 aliphatic rings. The molecule has 0 saturated carbocycles. The molecule has 1 N–H and O–H groups in total. The van der Waals surface area contributed by atoms with Gasteiger partial charge in [0.05, 0.1) is 0 Å². The average molecular weight is 391 g/mol. The topological polar surface area (TPSA) is 37.3 Å². The standard InChI is InChI=1S/C26H46O2/c1-2-3-4-5-6-7-8-9-10-11-12-13-14-15-16-17-18-19-20-21-22-23-24-25-26(27)28/h8-9,11-12,14-15H,2-7,10,13,16-25H2,1H3,(H,27,28). The van der Waals surface area contributed by atoms with Gasteiger partial charge in [0.25, 0.3) is 0 Å². The molecule has 0 aliphatic heterocycles. The van der Waals surface area contributed by atoms with Crippen LogP contribution in [0.25, 0.3) is 0 Å². The van der Waals surface area contributed by atoms with Gasteiger partial charge in [-0.1, -0.05) is 108 Å². The van der Waals surface area contributed by atoms with Gasteiger partial charge in [-0.3, -0.25) is 4.79 Å². The minimum Gasteiger partial charge on any atom is -0.481 e. The van der Waals surface area contributed by atoms with Crippen LogP contribution >= 0.6 is 0 Å². The lowest BCUT2D eigenvalue weighted by atomic mass is 10.1. The van der Waals surface area contributed by atoms with E-state index in [0.717, 1.165) is 25.7 Å². The monoisotopic (exact) mass is 390 g/mol. The number of hydrogen-bond donors (Lipinski definition) is 1. The van der Waals surface area contributed by atoms with E-state index in [0.29, 0.717) is 6.42 Å². The predicted octanol–water partition coefficient (Wildman–Crippen LogP) is 8.78. The molecule has 0 atom stereocenters. The molecule has 162 valence electrons. The second-order valence-corrected chi connectivity index (χ2v) is 7.85. The molecule has 0 spiro atoms. The summed E-state index contributed by atoms with van der Waals surface area (Å²) >= 11 is 0. The molecule has 2 nitrogen and oxygen atoms in total. The van der Waals surface area contributed by atoms with E-state index in [1.54, 1.807) is 0 Å². The fourth-order valence-electron chi connectivity index (χ4n) is 3.24. The van der Waals surface area contributed by atoms with E-state index >= 15 is 0 Å². The number of carboxylic acid groups (broad SMARTS) is 1. The lowest BCUT2D eigenvalue weighted by Gasteiger charge is -2.00. The van der Waals surface area contributed by atoms with Crippen molar-refractivity contribution < 1.29 is 9.90 Å². The Morgan fingerprint density at radius 2 is 0.964 bits per heavy atom. The van der Waals surface area contributed by atoms with Crippen LogP contribution in [-0.4, -0.2) is 11.1 Å². The van der Waals surface area contributed by atoms with Gasteiger partial charge in [0, 0.05) is 6.42 Å². The fourth-order valence-corrected chi connectivity index (χ4v) is 3.24. The molecule has 0 saturated heterocycles. The second kappa shape index (κ2) is 23.7. The highest BCUT2D eigenvalue weighted by molar-refractivity contribution is 5.66. The molecule has 28 heavy (non-hydrogen) atoms. The summed E-state index contributed by atoms with van der Waals surface area (Å²) < 4.78 is 0. The largest absolute Gasteiger partial charge is 0.481 e. The van der Waals surface area contributed by atoms with Crippen molar-refractivity contribution in [3.8, 4) is 0 Å². The molecule has 0 aromatic heterocycles. The third-order valence-corrected chi connectivity index (χ3v) is 5.03. The van der Waals surface area contributed by atoms with Gasteiger partial charge in [-0.05, 0) is 44.9 Å². The van der Waals surface area contributed by atoms with Gasteiger partial charge in [-0.15, -0.1) is 0 Å². The van der Waals surface area contributed by atoms with E-state index in [4.69, 9.17) is 5.11 Å². The van der Waals surface area contributed by atoms with E-state index < -0.39 is 5.97 Å². The van der Waals surface area contributed by atoms with Crippen molar-refractivity contribution in [2.45, 2.75) is 122 Å². The second-order valence-electron chi connectivity index (χ2n) is 7.85. The van der Waals surface area contributed by atoms with Crippen LogP contribution in [0, 0.1) is 0 Å². The maximum absolute atomic E-state index is 10.4. The summed E-state index contributed by atoms with van der Waals surface area (Å²) in [6.45, 7) is 2.26. The van der Waals surface area contributed by atoms with Crippen molar-refractivity contribution in [1.82, 2.24) is 0 Å². The van der Waals surface area contributed by atoms with Gasteiger partial charge in [-0.2, -0.15) is 0 Å². The maximum atomic E-state index is 10.4. The van der Waals surface area contributed by atoms with Crippen LogP contribution in [0.5, 0.6) is 0 Å². The van der Waals surface area contributed by atoms with Gasteiger partial charge >= 0.3 is 5.97 Å². The summed E-state index contributed by atoms with van der Waals surface area (Å²) in [5.41, 5.74) is 0. The lowest BCUT2D eigenvalue weighted by molar-refractivity contribution is -0.137. The molecule has 0 aromatic carbocycles. The number of carboxylic acids is 1. The Balaban J connectivity index is 3.24. The van der Waals surface area contributed by atoms with Crippen LogP contribution in [0.3, 0.4) is 0 Å². The predicted molar refractivity (Wildman–Crippen MR) is 124 cm³/mol. The smallest absolute Gasteiger partial charge is 0.303 e. The Morgan fingerprint density at radius 1 is 0.571 bits per heavy atom. The van der Waals surface area contributed by atoms with Crippen LogP contribution in [0.15, 0.2) is 36.5 Å². The first kappa shape index (κ1) is 26.7. The van der Waals surface area contributed by atoms with Crippen LogP contribution in [-0.2, 0) is 4.79 Å². The van der Waals surface area contributed by atoms with Crippen LogP contribution in [0.2, 0.25) is 0 Å². The first-order valence-corrected chi connectivity index (χ1v) is 11.9. The summed E-state index contributed by atoms with van der Waals surface area (Å²) in [4.78, 5) is 10.4. The zero-order chi connectivity index (χ0) is 20.5. The fraction of sp³-hybridized carbons (Fsp3) is 0.731. The van der Waals surface area contributed by atoms with Gasteiger partial charge in [0.15, 0.2) is 0 Å². The number of rotatable bonds is 21. The molecular formula is C26H46O2. The van der Waals surface area contributed by atoms with Gasteiger partial charge in [0.1, 0.15) is 0 Å². The molecule has 0 rings (SSSR count). The number of hydrogen-bond acceptors (Lipinski definition) is 1. The zero-order valence-corrected chi connectivity index (χ0v) is 18.5. The van der Waals surface area contributed by atoms with Gasteiger partial charge in [-0.25, -0.2) is 0 Å². The molecule has 2 heteroatoms. The number of unbranched alkanes of at least 4 members (excludes halogenated alkanes) is 13. The normalized spacial score (nSPS) is 12.0. The first-order chi connectivity index (χ1) is 13.8. The third kappa shape index (κ3) is 24.7.